The Bertz CT molecular complexity index is 1620. The lowest BCUT2D eigenvalue weighted by Gasteiger charge is -2.16. The number of anilines is 1. The number of rotatable bonds is 9. The summed E-state index contributed by atoms with van der Waals surface area (Å²) in [4.78, 5) is 38.8. The van der Waals surface area contributed by atoms with Crippen molar-refractivity contribution in [2.45, 2.75) is 12.8 Å². The maximum Gasteiger partial charge on any atom is 0.416 e. The van der Waals surface area contributed by atoms with E-state index in [2.05, 4.69) is 11.4 Å². The number of hydrogen-bond acceptors (Lipinski definition) is 8. The van der Waals surface area contributed by atoms with E-state index in [1.165, 1.54) is 20.3 Å². The Morgan fingerprint density at radius 1 is 1.02 bits per heavy atom. The van der Waals surface area contributed by atoms with Crippen molar-refractivity contribution >= 4 is 40.6 Å². The van der Waals surface area contributed by atoms with Crippen molar-refractivity contribution in [2.24, 2.45) is 0 Å². The number of benzene rings is 3. The fourth-order valence-corrected chi connectivity index (χ4v) is 4.75. The fourth-order valence-electron chi connectivity index (χ4n) is 3.91. The van der Waals surface area contributed by atoms with Gasteiger partial charge in [0.15, 0.2) is 11.5 Å². The summed E-state index contributed by atoms with van der Waals surface area (Å²) in [5.41, 5.74) is 0.402. The van der Waals surface area contributed by atoms with E-state index >= 15 is 0 Å². The van der Waals surface area contributed by atoms with Gasteiger partial charge in [-0.25, -0.2) is 0 Å². The molecule has 1 saturated heterocycles. The van der Waals surface area contributed by atoms with E-state index in [9.17, 15) is 32.8 Å². The minimum absolute atomic E-state index is 0.0268. The third-order valence-electron chi connectivity index (χ3n) is 5.98. The standard InChI is InChI=1S/C29H22F3N3O6S/c1-39-22-10-8-20(29(30,31)32)13-21(22)34-26(36)15-35-27(37)25(42-28(35)38)12-17-7-9-23(24(11-17)40-2)41-16-19-6-4-3-5-18(19)14-33/h3-13H,15-16H2,1-2H3,(H,34,36)/b25-12-. The first-order chi connectivity index (χ1) is 20.0. The molecule has 42 heavy (non-hydrogen) atoms. The minimum atomic E-state index is -4.65. The Hall–Kier alpha value is -4.96. The molecule has 0 spiro atoms. The third kappa shape index (κ3) is 6.84. The number of nitrogens with one attached hydrogen (secondary N) is 1. The molecule has 216 valence electrons. The molecule has 0 radical (unpaired) electrons. The molecule has 0 atom stereocenters. The summed E-state index contributed by atoms with van der Waals surface area (Å²) >= 11 is 0.610. The van der Waals surface area contributed by atoms with Gasteiger partial charge in [-0.15, -0.1) is 0 Å². The molecule has 4 rings (SSSR count). The van der Waals surface area contributed by atoms with Crippen molar-refractivity contribution in [3.05, 3.63) is 87.8 Å². The average molecular weight is 598 g/mol. The summed E-state index contributed by atoms with van der Waals surface area (Å²) in [5.74, 6) is -0.939. The molecule has 0 bridgehead atoms. The Kier molecular flexibility index (Phi) is 9.07. The van der Waals surface area contributed by atoms with Crippen LogP contribution >= 0.6 is 11.8 Å². The zero-order valence-corrected chi connectivity index (χ0v) is 23.0. The Morgan fingerprint density at radius 3 is 2.43 bits per heavy atom. The molecule has 3 aromatic carbocycles. The molecule has 1 N–H and O–H groups in total. The van der Waals surface area contributed by atoms with Crippen LogP contribution in [0.5, 0.6) is 17.2 Å². The van der Waals surface area contributed by atoms with E-state index in [0.717, 1.165) is 12.1 Å². The predicted octanol–water partition coefficient (Wildman–Crippen LogP) is 5.85. The van der Waals surface area contributed by atoms with Crippen molar-refractivity contribution in [3.63, 3.8) is 0 Å². The molecule has 1 heterocycles. The van der Waals surface area contributed by atoms with Crippen LogP contribution in [-0.2, 0) is 22.4 Å². The lowest BCUT2D eigenvalue weighted by Crippen LogP contribution is -2.36. The van der Waals surface area contributed by atoms with Gasteiger partial charge >= 0.3 is 6.18 Å². The van der Waals surface area contributed by atoms with E-state index in [0.29, 0.717) is 50.9 Å². The number of ether oxygens (including phenoxy) is 3. The van der Waals surface area contributed by atoms with E-state index < -0.39 is 35.3 Å². The molecule has 0 aromatic heterocycles. The van der Waals surface area contributed by atoms with E-state index in [4.69, 9.17) is 14.2 Å². The van der Waals surface area contributed by atoms with Gasteiger partial charge in [0.25, 0.3) is 11.1 Å². The van der Waals surface area contributed by atoms with Gasteiger partial charge in [0.1, 0.15) is 18.9 Å². The van der Waals surface area contributed by atoms with Gasteiger partial charge in [0.05, 0.1) is 42.0 Å². The monoisotopic (exact) mass is 597 g/mol. The highest BCUT2D eigenvalue weighted by atomic mass is 32.2. The quantitative estimate of drug-likeness (QED) is 0.306. The number of amides is 3. The maximum absolute atomic E-state index is 13.1. The number of nitrogens with zero attached hydrogens (tertiary/aromatic N) is 2. The predicted molar refractivity (Wildman–Crippen MR) is 148 cm³/mol. The number of thioether (sulfide) groups is 1. The van der Waals surface area contributed by atoms with Gasteiger partial charge in [0.2, 0.25) is 5.91 Å². The number of alkyl halides is 3. The summed E-state index contributed by atoms with van der Waals surface area (Å²) < 4.78 is 55.6. The number of carbonyl (C=O) groups excluding carboxylic acids is 3. The highest BCUT2D eigenvalue weighted by molar-refractivity contribution is 8.18. The summed E-state index contributed by atoms with van der Waals surface area (Å²) in [6.07, 6.45) is -3.21. The smallest absolute Gasteiger partial charge is 0.416 e. The van der Waals surface area contributed by atoms with Gasteiger partial charge in [-0.2, -0.15) is 18.4 Å². The Balaban J connectivity index is 1.45. The number of hydrogen-bond donors (Lipinski definition) is 1. The molecule has 1 aliphatic heterocycles. The van der Waals surface area contributed by atoms with Crippen LogP contribution < -0.4 is 19.5 Å². The van der Waals surface area contributed by atoms with Crippen LogP contribution in [0, 0.1) is 11.3 Å². The van der Waals surface area contributed by atoms with Gasteiger partial charge < -0.3 is 19.5 Å². The highest BCUT2D eigenvalue weighted by Gasteiger charge is 2.37. The second-order valence-corrected chi connectivity index (χ2v) is 9.69. The first kappa shape index (κ1) is 30.0. The van der Waals surface area contributed by atoms with E-state index in [-0.39, 0.29) is 22.9 Å². The highest BCUT2D eigenvalue weighted by Crippen LogP contribution is 2.36. The Morgan fingerprint density at radius 2 is 1.74 bits per heavy atom. The summed E-state index contributed by atoms with van der Waals surface area (Å²) in [6, 6.07) is 16.5. The second kappa shape index (κ2) is 12.7. The first-order valence-corrected chi connectivity index (χ1v) is 12.9. The summed E-state index contributed by atoms with van der Waals surface area (Å²) in [7, 11) is 2.65. The molecule has 0 saturated carbocycles. The molecule has 13 heteroatoms. The van der Waals surface area contributed by atoms with Crippen molar-refractivity contribution < 1.29 is 41.8 Å². The minimum Gasteiger partial charge on any atom is -0.495 e. The van der Waals surface area contributed by atoms with Crippen LogP contribution in [-0.4, -0.2) is 42.7 Å². The molecule has 1 fully saturated rings. The number of imide groups is 1. The van der Waals surface area contributed by atoms with E-state index in [1.54, 1.807) is 42.5 Å². The molecule has 9 nitrogen and oxygen atoms in total. The third-order valence-corrected chi connectivity index (χ3v) is 6.89. The lowest BCUT2D eigenvalue weighted by molar-refractivity contribution is -0.137. The number of nitriles is 1. The normalized spacial score (nSPS) is 14.1. The van der Waals surface area contributed by atoms with Crippen LogP contribution in [0.15, 0.2) is 65.6 Å². The van der Waals surface area contributed by atoms with E-state index in [1.807, 2.05) is 0 Å². The molecule has 1 aliphatic rings. The van der Waals surface area contributed by atoms with Crippen LogP contribution in [0.1, 0.15) is 22.3 Å². The van der Waals surface area contributed by atoms with Crippen LogP contribution in [0.3, 0.4) is 0 Å². The van der Waals surface area contributed by atoms with Crippen molar-refractivity contribution in [3.8, 4) is 23.3 Å². The molecule has 3 amide bonds. The first-order valence-electron chi connectivity index (χ1n) is 12.1. The summed E-state index contributed by atoms with van der Waals surface area (Å²) in [6.45, 7) is -0.603. The number of halogens is 3. The van der Waals surface area contributed by atoms with Gasteiger partial charge in [-0.05, 0) is 59.8 Å². The van der Waals surface area contributed by atoms with Crippen LogP contribution in [0.25, 0.3) is 6.08 Å². The number of carbonyl (C=O) groups is 3. The van der Waals surface area contributed by atoms with Gasteiger partial charge in [-0.3, -0.25) is 19.3 Å². The topological polar surface area (TPSA) is 118 Å². The zero-order valence-electron chi connectivity index (χ0n) is 22.2. The van der Waals surface area contributed by atoms with Crippen molar-refractivity contribution in [1.29, 1.82) is 5.26 Å². The average Bonchev–Trinajstić information content (AvgIpc) is 3.22. The summed E-state index contributed by atoms with van der Waals surface area (Å²) in [5, 5.41) is 10.8. The number of methoxy groups -OCH3 is 2. The molecule has 0 unspecified atom stereocenters. The van der Waals surface area contributed by atoms with Crippen molar-refractivity contribution in [1.82, 2.24) is 4.90 Å². The molecular formula is C29H22F3N3O6S. The van der Waals surface area contributed by atoms with Crippen molar-refractivity contribution in [2.75, 3.05) is 26.1 Å². The Labute approximate surface area is 242 Å². The molecule has 0 aliphatic carbocycles. The second-order valence-electron chi connectivity index (χ2n) is 8.70. The van der Waals surface area contributed by atoms with Gasteiger partial charge in [-0.1, -0.05) is 24.3 Å². The molecule has 3 aromatic rings. The SMILES string of the molecule is COc1ccc(C(F)(F)F)cc1NC(=O)CN1C(=O)S/C(=C\c2ccc(OCc3ccccc3C#N)c(OC)c2)C1=O. The van der Waals surface area contributed by atoms with Crippen LogP contribution in [0.2, 0.25) is 0 Å². The van der Waals surface area contributed by atoms with Gasteiger partial charge in [0, 0.05) is 5.56 Å². The molecular weight excluding hydrogens is 575 g/mol. The lowest BCUT2D eigenvalue weighted by atomic mass is 10.1. The fraction of sp³-hybridized carbons (Fsp3) is 0.172. The zero-order chi connectivity index (χ0) is 30.4. The largest absolute Gasteiger partial charge is 0.495 e. The van der Waals surface area contributed by atoms with Crippen LogP contribution in [0.4, 0.5) is 23.7 Å². The maximum atomic E-state index is 13.1.